The Morgan fingerprint density at radius 2 is 1.75 bits per heavy atom. The minimum atomic E-state index is 0.314. The summed E-state index contributed by atoms with van der Waals surface area (Å²) in [6, 6.07) is 18.4. The van der Waals surface area contributed by atoms with Crippen molar-refractivity contribution in [3.63, 3.8) is 0 Å². The molecule has 1 aliphatic rings. The van der Waals surface area contributed by atoms with Crippen LogP contribution in [0.5, 0.6) is 0 Å². The van der Waals surface area contributed by atoms with E-state index < -0.39 is 0 Å². The zero-order chi connectivity index (χ0) is 16.5. The van der Waals surface area contributed by atoms with Gasteiger partial charge in [0, 0.05) is 17.2 Å². The molecule has 0 N–H and O–H groups in total. The molecule has 1 aliphatic heterocycles. The Kier molecular flexibility index (Phi) is 3.95. The van der Waals surface area contributed by atoms with Gasteiger partial charge >= 0.3 is 0 Å². The van der Waals surface area contributed by atoms with Crippen molar-refractivity contribution in [2.24, 2.45) is 4.99 Å². The second kappa shape index (κ2) is 6.25. The maximum absolute atomic E-state index is 6.03. The van der Waals surface area contributed by atoms with Crippen molar-refractivity contribution in [2.45, 2.75) is 25.7 Å². The topological polar surface area (TPSA) is 38.4 Å². The van der Waals surface area contributed by atoms with Gasteiger partial charge in [-0.15, -0.1) is 0 Å². The van der Waals surface area contributed by atoms with Crippen molar-refractivity contribution in [1.29, 1.82) is 0 Å². The lowest BCUT2D eigenvalue weighted by molar-refractivity contribution is 0.373. The van der Waals surface area contributed by atoms with Crippen molar-refractivity contribution in [3.05, 3.63) is 82.2 Å². The van der Waals surface area contributed by atoms with Crippen LogP contribution in [0.2, 0.25) is 5.02 Å². The number of hydrogen-bond donors (Lipinski definition) is 0. The van der Waals surface area contributed by atoms with Gasteiger partial charge < -0.3 is 4.52 Å². The molecule has 0 radical (unpaired) electrons. The van der Waals surface area contributed by atoms with Gasteiger partial charge in [0.1, 0.15) is 11.4 Å². The van der Waals surface area contributed by atoms with Crippen molar-refractivity contribution in [1.82, 2.24) is 5.16 Å². The minimum Gasteiger partial charge on any atom is -0.359 e. The van der Waals surface area contributed by atoms with Gasteiger partial charge in [-0.25, -0.2) is 4.99 Å². The third kappa shape index (κ3) is 2.87. The summed E-state index contributed by atoms with van der Waals surface area (Å²) in [7, 11) is 0. The maximum Gasteiger partial charge on any atom is 0.163 e. The summed E-state index contributed by atoms with van der Waals surface area (Å²) < 4.78 is 5.54. The van der Waals surface area contributed by atoms with E-state index in [1.54, 1.807) is 0 Å². The summed E-state index contributed by atoms with van der Waals surface area (Å²) in [5.74, 6) is 1.18. The molecule has 0 aliphatic carbocycles. The Labute approximate surface area is 146 Å². The molecule has 0 unspecified atom stereocenters. The minimum absolute atomic E-state index is 0.314. The van der Waals surface area contributed by atoms with Crippen LogP contribution < -0.4 is 0 Å². The van der Waals surface area contributed by atoms with E-state index in [1.165, 1.54) is 5.56 Å². The summed E-state index contributed by atoms with van der Waals surface area (Å²) in [6.07, 6.45) is 1.66. The van der Waals surface area contributed by atoms with Gasteiger partial charge in [0.2, 0.25) is 0 Å². The molecule has 1 atom stereocenters. The molecule has 0 amide bonds. The van der Waals surface area contributed by atoms with E-state index in [1.807, 2.05) is 37.3 Å². The fraction of sp³-hybridized carbons (Fsp3) is 0.200. The second-order valence-corrected chi connectivity index (χ2v) is 6.56. The molecule has 3 nitrogen and oxygen atoms in total. The summed E-state index contributed by atoms with van der Waals surface area (Å²) in [4.78, 5) is 4.89. The van der Waals surface area contributed by atoms with Crippen LogP contribution in [0.25, 0.3) is 0 Å². The van der Waals surface area contributed by atoms with E-state index in [2.05, 4.69) is 29.4 Å². The summed E-state index contributed by atoms with van der Waals surface area (Å²) in [5, 5.41) is 4.84. The zero-order valence-electron chi connectivity index (χ0n) is 13.4. The predicted octanol–water partition coefficient (Wildman–Crippen LogP) is 5.49. The molecule has 2 heterocycles. The first-order valence-electron chi connectivity index (χ1n) is 8.04. The molecule has 2 aromatic carbocycles. The smallest absolute Gasteiger partial charge is 0.163 e. The van der Waals surface area contributed by atoms with E-state index in [4.69, 9.17) is 21.1 Å². The standard InChI is InChI=1S/C20H17ClN2O/c1-13-20-19(24-23-13)12-16(14-5-3-2-4-6-14)11-18(22-20)15-7-9-17(21)10-8-15/h2-10,16H,11-12H2,1H3/t16-/m0/s1. The van der Waals surface area contributed by atoms with Crippen LogP contribution in [0.1, 0.15) is 34.9 Å². The first-order valence-corrected chi connectivity index (χ1v) is 8.42. The fourth-order valence-corrected chi connectivity index (χ4v) is 3.31. The van der Waals surface area contributed by atoms with E-state index in [0.29, 0.717) is 5.92 Å². The highest BCUT2D eigenvalue weighted by molar-refractivity contribution is 6.30. The first-order chi connectivity index (χ1) is 11.7. The average Bonchev–Trinajstić information content (AvgIpc) is 2.84. The summed E-state index contributed by atoms with van der Waals surface area (Å²) >= 11 is 6.03. The van der Waals surface area contributed by atoms with E-state index in [9.17, 15) is 0 Å². The molecule has 4 heteroatoms. The van der Waals surface area contributed by atoms with Crippen molar-refractivity contribution in [2.75, 3.05) is 0 Å². The number of fused-ring (bicyclic) bond motifs is 1. The normalized spacial score (nSPS) is 17.1. The average molecular weight is 337 g/mol. The van der Waals surface area contributed by atoms with Gasteiger partial charge in [-0.1, -0.05) is 59.2 Å². The quantitative estimate of drug-likeness (QED) is 0.620. The zero-order valence-corrected chi connectivity index (χ0v) is 14.1. The molecule has 0 saturated heterocycles. The monoisotopic (exact) mass is 336 g/mol. The van der Waals surface area contributed by atoms with Gasteiger partial charge in [0.25, 0.3) is 0 Å². The van der Waals surface area contributed by atoms with Crippen LogP contribution in [0, 0.1) is 6.92 Å². The Bertz CT molecular complexity index is 882. The first kappa shape index (κ1) is 15.2. The van der Waals surface area contributed by atoms with Crippen LogP contribution in [-0.2, 0) is 6.42 Å². The number of aryl methyl sites for hydroxylation is 1. The van der Waals surface area contributed by atoms with E-state index in [-0.39, 0.29) is 0 Å². The van der Waals surface area contributed by atoms with Crippen molar-refractivity contribution < 1.29 is 4.52 Å². The van der Waals surface area contributed by atoms with Gasteiger partial charge in [0.15, 0.2) is 5.76 Å². The molecule has 120 valence electrons. The third-order valence-corrected chi connectivity index (χ3v) is 4.72. The number of aliphatic imine (C=N–C) groups is 1. The highest BCUT2D eigenvalue weighted by Gasteiger charge is 2.25. The van der Waals surface area contributed by atoms with Crippen molar-refractivity contribution in [3.8, 4) is 0 Å². The van der Waals surface area contributed by atoms with E-state index in [0.717, 1.165) is 46.3 Å². The van der Waals surface area contributed by atoms with Gasteiger partial charge in [-0.2, -0.15) is 0 Å². The van der Waals surface area contributed by atoms with Crippen LogP contribution in [0.15, 0.2) is 64.1 Å². The molecule has 0 spiro atoms. The Balaban J connectivity index is 1.80. The lowest BCUT2D eigenvalue weighted by atomic mass is 9.88. The Hall–Kier alpha value is -2.39. The largest absolute Gasteiger partial charge is 0.359 e. The highest BCUT2D eigenvalue weighted by atomic mass is 35.5. The summed E-state index contributed by atoms with van der Waals surface area (Å²) in [5.41, 5.74) is 5.14. The lowest BCUT2D eigenvalue weighted by Gasteiger charge is -2.15. The fourth-order valence-electron chi connectivity index (χ4n) is 3.18. The predicted molar refractivity (Wildman–Crippen MR) is 96.4 cm³/mol. The molecule has 4 rings (SSSR count). The summed E-state index contributed by atoms with van der Waals surface area (Å²) in [6.45, 7) is 1.94. The van der Waals surface area contributed by atoms with Crippen LogP contribution >= 0.6 is 11.6 Å². The molecule has 0 bridgehead atoms. The van der Waals surface area contributed by atoms with Gasteiger partial charge in [-0.3, -0.25) is 0 Å². The SMILES string of the molecule is Cc1noc2c1N=C(c1ccc(Cl)cc1)C[C@H](c1ccccc1)C2. The Morgan fingerprint density at radius 1 is 1.00 bits per heavy atom. The highest BCUT2D eigenvalue weighted by Crippen LogP contribution is 2.36. The number of nitrogens with zero attached hydrogens (tertiary/aromatic N) is 2. The van der Waals surface area contributed by atoms with Crippen LogP contribution in [0.4, 0.5) is 5.69 Å². The number of hydrogen-bond acceptors (Lipinski definition) is 3. The lowest BCUT2D eigenvalue weighted by Crippen LogP contribution is -2.09. The Morgan fingerprint density at radius 3 is 2.50 bits per heavy atom. The van der Waals surface area contributed by atoms with Crippen LogP contribution in [0.3, 0.4) is 0 Å². The van der Waals surface area contributed by atoms with E-state index >= 15 is 0 Å². The number of aromatic nitrogens is 1. The van der Waals surface area contributed by atoms with Gasteiger partial charge in [-0.05, 0) is 42.5 Å². The second-order valence-electron chi connectivity index (χ2n) is 6.12. The number of halogens is 1. The molecular formula is C20H17ClN2O. The maximum atomic E-state index is 6.03. The molecule has 0 saturated carbocycles. The molecule has 24 heavy (non-hydrogen) atoms. The third-order valence-electron chi connectivity index (χ3n) is 4.47. The number of rotatable bonds is 2. The van der Waals surface area contributed by atoms with Crippen molar-refractivity contribution >= 4 is 23.0 Å². The molecule has 3 aromatic rings. The molecule has 0 fully saturated rings. The molecular weight excluding hydrogens is 320 g/mol. The molecule has 1 aromatic heterocycles. The van der Waals surface area contributed by atoms with Crippen LogP contribution in [-0.4, -0.2) is 10.9 Å². The van der Waals surface area contributed by atoms with Gasteiger partial charge in [0.05, 0.1) is 0 Å². The number of benzene rings is 2.